The van der Waals surface area contributed by atoms with Gasteiger partial charge < -0.3 is 15.4 Å². The zero-order valence-corrected chi connectivity index (χ0v) is 11.4. The summed E-state index contributed by atoms with van der Waals surface area (Å²) in [5.41, 5.74) is 5.05. The molecule has 1 aromatic rings. The lowest BCUT2D eigenvalue weighted by molar-refractivity contribution is -0.124. The third-order valence-corrected chi connectivity index (χ3v) is 3.29. The van der Waals surface area contributed by atoms with Crippen LogP contribution in [0.5, 0.6) is 0 Å². The van der Waals surface area contributed by atoms with Gasteiger partial charge in [0.15, 0.2) is 6.10 Å². The Kier molecular flexibility index (Phi) is 3.69. The molecule has 1 unspecified atom stereocenters. The summed E-state index contributed by atoms with van der Waals surface area (Å²) >= 11 is 1.98. The van der Waals surface area contributed by atoms with Gasteiger partial charge in [0.25, 0.3) is 5.91 Å². The molecule has 96 valence electrons. The average Bonchev–Trinajstić information content (AvgIpc) is 2.60. The van der Waals surface area contributed by atoms with E-state index in [1.165, 1.54) is 17.0 Å². The first kappa shape index (κ1) is 13.1. The number of anilines is 1. The standard InChI is InChI=1S/C11H10FIN2O3/c12-7-5-6(13)1-2-8(7)15-4-3-9(10(15)16)18-11(14)17/h1-2,5,9H,3-4H2,(H2,14,17). The monoisotopic (exact) mass is 364 g/mol. The molecule has 0 radical (unpaired) electrons. The molecule has 0 bridgehead atoms. The summed E-state index contributed by atoms with van der Waals surface area (Å²) in [5.74, 6) is -0.927. The lowest BCUT2D eigenvalue weighted by Gasteiger charge is -2.17. The van der Waals surface area contributed by atoms with E-state index in [0.717, 1.165) is 3.57 Å². The lowest BCUT2D eigenvalue weighted by atomic mass is 10.3. The first-order valence-electron chi connectivity index (χ1n) is 5.21. The molecule has 0 spiro atoms. The van der Waals surface area contributed by atoms with Crippen LogP contribution in [-0.4, -0.2) is 24.6 Å². The minimum absolute atomic E-state index is 0.191. The van der Waals surface area contributed by atoms with E-state index in [0.29, 0.717) is 13.0 Å². The SMILES string of the molecule is NC(=O)OC1CCN(c2ccc(I)cc2F)C1=O. The Bertz CT molecular complexity index is 509. The molecule has 1 saturated heterocycles. The van der Waals surface area contributed by atoms with Crippen molar-refractivity contribution < 1.29 is 18.7 Å². The number of primary amides is 1. The van der Waals surface area contributed by atoms with Crippen molar-refractivity contribution in [2.24, 2.45) is 5.73 Å². The molecule has 0 aromatic heterocycles. The van der Waals surface area contributed by atoms with Gasteiger partial charge in [0, 0.05) is 16.5 Å². The van der Waals surface area contributed by atoms with E-state index < -0.39 is 23.9 Å². The van der Waals surface area contributed by atoms with E-state index in [1.807, 2.05) is 22.6 Å². The van der Waals surface area contributed by atoms with Gasteiger partial charge in [0.2, 0.25) is 0 Å². The highest BCUT2D eigenvalue weighted by Crippen LogP contribution is 2.26. The van der Waals surface area contributed by atoms with Crippen LogP contribution in [0.2, 0.25) is 0 Å². The topological polar surface area (TPSA) is 72.6 Å². The van der Waals surface area contributed by atoms with Crippen molar-refractivity contribution in [1.29, 1.82) is 0 Å². The molecule has 1 aliphatic rings. The number of carbonyl (C=O) groups is 2. The summed E-state index contributed by atoms with van der Waals surface area (Å²) in [6.45, 7) is 0.300. The molecule has 0 saturated carbocycles. The van der Waals surface area contributed by atoms with Crippen molar-refractivity contribution in [3.8, 4) is 0 Å². The summed E-state index contributed by atoms with van der Waals surface area (Å²) in [6, 6.07) is 4.57. The fourth-order valence-corrected chi connectivity index (χ4v) is 2.30. The average molecular weight is 364 g/mol. The number of nitrogens with zero attached hydrogens (tertiary/aromatic N) is 1. The van der Waals surface area contributed by atoms with Crippen LogP contribution in [0.3, 0.4) is 0 Å². The van der Waals surface area contributed by atoms with Crippen molar-refractivity contribution >= 4 is 40.3 Å². The maximum atomic E-state index is 13.7. The minimum atomic E-state index is -1.00. The van der Waals surface area contributed by atoms with Crippen molar-refractivity contribution in [3.63, 3.8) is 0 Å². The highest BCUT2D eigenvalue weighted by Gasteiger charge is 2.36. The number of benzene rings is 1. The number of hydrogen-bond donors (Lipinski definition) is 1. The highest BCUT2D eigenvalue weighted by molar-refractivity contribution is 14.1. The summed E-state index contributed by atoms with van der Waals surface area (Å²) in [6.07, 6.45) is -1.60. The molecule has 5 nitrogen and oxygen atoms in total. The van der Waals surface area contributed by atoms with Crippen LogP contribution in [0.15, 0.2) is 18.2 Å². The van der Waals surface area contributed by atoms with Gasteiger partial charge in [-0.2, -0.15) is 0 Å². The van der Waals surface area contributed by atoms with Crippen molar-refractivity contribution in [2.45, 2.75) is 12.5 Å². The quantitative estimate of drug-likeness (QED) is 0.811. The summed E-state index contributed by atoms with van der Waals surface area (Å²) < 4.78 is 19.1. The van der Waals surface area contributed by atoms with Gasteiger partial charge in [-0.15, -0.1) is 0 Å². The predicted octanol–water partition coefficient (Wildman–Crippen LogP) is 1.63. The van der Waals surface area contributed by atoms with E-state index in [9.17, 15) is 14.0 Å². The molecule has 2 amide bonds. The molecule has 2 rings (SSSR count). The number of rotatable bonds is 2. The van der Waals surface area contributed by atoms with E-state index in [1.54, 1.807) is 6.07 Å². The first-order valence-corrected chi connectivity index (χ1v) is 6.29. The molecule has 0 aliphatic carbocycles. The van der Waals surface area contributed by atoms with Crippen LogP contribution in [0.1, 0.15) is 6.42 Å². The van der Waals surface area contributed by atoms with Crippen molar-refractivity contribution in [2.75, 3.05) is 11.4 Å². The normalized spacial score (nSPS) is 19.1. The molecule has 1 fully saturated rings. The number of hydrogen-bond acceptors (Lipinski definition) is 3. The van der Waals surface area contributed by atoms with E-state index in [2.05, 4.69) is 4.74 Å². The number of carbonyl (C=O) groups excluding carboxylic acids is 2. The second-order valence-corrected chi connectivity index (χ2v) is 5.05. The summed E-state index contributed by atoms with van der Waals surface area (Å²) in [4.78, 5) is 23.8. The van der Waals surface area contributed by atoms with E-state index >= 15 is 0 Å². The highest BCUT2D eigenvalue weighted by atomic mass is 127. The molecule has 2 N–H and O–H groups in total. The van der Waals surface area contributed by atoms with Crippen LogP contribution in [0, 0.1) is 9.39 Å². The van der Waals surface area contributed by atoms with Crippen LogP contribution >= 0.6 is 22.6 Å². The van der Waals surface area contributed by atoms with Gasteiger partial charge in [0.1, 0.15) is 5.82 Å². The Morgan fingerprint density at radius 2 is 2.28 bits per heavy atom. The molecular weight excluding hydrogens is 354 g/mol. The predicted molar refractivity (Wildman–Crippen MR) is 70.5 cm³/mol. The zero-order chi connectivity index (χ0) is 13.3. The lowest BCUT2D eigenvalue weighted by Crippen LogP contribution is -2.33. The second kappa shape index (κ2) is 5.09. The van der Waals surface area contributed by atoms with Gasteiger partial charge in [-0.05, 0) is 40.8 Å². The number of halogens is 2. The number of nitrogens with two attached hydrogens (primary N) is 1. The molecule has 7 heteroatoms. The van der Waals surface area contributed by atoms with Crippen LogP contribution < -0.4 is 10.6 Å². The molecule has 18 heavy (non-hydrogen) atoms. The Morgan fingerprint density at radius 3 is 2.89 bits per heavy atom. The molecular formula is C11H10FIN2O3. The Morgan fingerprint density at radius 1 is 1.56 bits per heavy atom. The van der Waals surface area contributed by atoms with Gasteiger partial charge in [-0.25, -0.2) is 9.18 Å². The first-order chi connectivity index (χ1) is 8.49. The summed E-state index contributed by atoms with van der Waals surface area (Å²) in [7, 11) is 0. The number of ether oxygens (including phenoxy) is 1. The van der Waals surface area contributed by atoms with Crippen molar-refractivity contribution in [3.05, 3.63) is 27.6 Å². The molecule has 1 aliphatic heterocycles. The summed E-state index contributed by atoms with van der Waals surface area (Å²) in [5, 5.41) is 0. The Balaban J connectivity index is 2.20. The van der Waals surface area contributed by atoms with Crippen LogP contribution in [0.4, 0.5) is 14.9 Å². The fraction of sp³-hybridized carbons (Fsp3) is 0.273. The van der Waals surface area contributed by atoms with Gasteiger partial charge >= 0.3 is 6.09 Å². The van der Waals surface area contributed by atoms with Gasteiger partial charge in [0.05, 0.1) is 5.69 Å². The van der Waals surface area contributed by atoms with Crippen LogP contribution in [0.25, 0.3) is 0 Å². The third-order valence-electron chi connectivity index (χ3n) is 2.62. The third kappa shape index (κ3) is 2.55. The Labute approximate surface area is 116 Å². The van der Waals surface area contributed by atoms with E-state index in [4.69, 9.17) is 5.73 Å². The van der Waals surface area contributed by atoms with Gasteiger partial charge in [-0.1, -0.05) is 0 Å². The molecule has 1 atom stereocenters. The maximum absolute atomic E-state index is 13.7. The molecule has 1 aromatic carbocycles. The minimum Gasteiger partial charge on any atom is -0.436 e. The van der Waals surface area contributed by atoms with E-state index in [-0.39, 0.29) is 5.69 Å². The largest absolute Gasteiger partial charge is 0.436 e. The zero-order valence-electron chi connectivity index (χ0n) is 9.23. The van der Waals surface area contributed by atoms with Crippen molar-refractivity contribution in [1.82, 2.24) is 0 Å². The molecule has 1 heterocycles. The Hall–Kier alpha value is -1.38. The smallest absolute Gasteiger partial charge is 0.405 e. The second-order valence-electron chi connectivity index (χ2n) is 3.80. The van der Waals surface area contributed by atoms with Crippen LogP contribution in [-0.2, 0) is 9.53 Å². The maximum Gasteiger partial charge on any atom is 0.405 e. The van der Waals surface area contributed by atoms with Gasteiger partial charge in [-0.3, -0.25) is 4.79 Å². The fourth-order valence-electron chi connectivity index (χ4n) is 1.84. The number of amides is 2.